The molecule has 0 bridgehead atoms. The lowest BCUT2D eigenvalue weighted by atomic mass is 9.95. The van der Waals surface area contributed by atoms with Gasteiger partial charge in [0.1, 0.15) is 0 Å². The van der Waals surface area contributed by atoms with Crippen LogP contribution in [0.5, 0.6) is 0 Å². The first kappa shape index (κ1) is 14.2. The van der Waals surface area contributed by atoms with Crippen molar-refractivity contribution < 1.29 is 19.1 Å². The molecule has 1 heterocycles. The minimum Gasteiger partial charge on any atom is -0.466 e. The van der Waals surface area contributed by atoms with E-state index >= 15 is 0 Å². The van der Waals surface area contributed by atoms with Gasteiger partial charge in [0.2, 0.25) is 5.90 Å². The third-order valence-electron chi connectivity index (χ3n) is 2.98. The van der Waals surface area contributed by atoms with E-state index in [0.29, 0.717) is 5.69 Å². The summed E-state index contributed by atoms with van der Waals surface area (Å²) in [5.74, 6) is -1.92. The number of hydrogen-bond donors (Lipinski definition) is 0. The van der Waals surface area contributed by atoms with Crippen LogP contribution in [0.2, 0.25) is 0 Å². The van der Waals surface area contributed by atoms with Gasteiger partial charge in [0.15, 0.2) is 17.3 Å². The Morgan fingerprint density at radius 3 is 2.60 bits per heavy atom. The lowest BCUT2D eigenvalue weighted by Crippen LogP contribution is -2.34. The van der Waals surface area contributed by atoms with Gasteiger partial charge in [-0.1, -0.05) is 18.2 Å². The van der Waals surface area contributed by atoms with Crippen LogP contribution in [-0.2, 0) is 19.1 Å². The molecule has 1 unspecified atom stereocenters. The summed E-state index contributed by atoms with van der Waals surface area (Å²) in [5.41, 5.74) is -0.437. The fourth-order valence-corrected chi connectivity index (χ4v) is 1.98. The number of para-hydroxylation sites is 1. The van der Waals surface area contributed by atoms with Crippen LogP contribution in [0.4, 0.5) is 5.69 Å². The summed E-state index contributed by atoms with van der Waals surface area (Å²) in [6.45, 7) is 5.14. The molecular weight excluding hydrogens is 258 g/mol. The maximum atomic E-state index is 12.2. The van der Waals surface area contributed by atoms with Crippen molar-refractivity contribution in [2.45, 2.75) is 26.4 Å². The Hall–Kier alpha value is -2.17. The van der Waals surface area contributed by atoms with Gasteiger partial charge in [0.25, 0.3) is 0 Å². The molecule has 20 heavy (non-hydrogen) atoms. The van der Waals surface area contributed by atoms with Crippen molar-refractivity contribution in [2.75, 3.05) is 6.61 Å². The zero-order valence-electron chi connectivity index (χ0n) is 11.8. The zero-order chi connectivity index (χ0) is 14.8. The van der Waals surface area contributed by atoms with Crippen LogP contribution >= 0.6 is 0 Å². The van der Waals surface area contributed by atoms with E-state index < -0.39 is 17.5 Å². The third kappa shape index (κ3) is 2.71. The number of hydrogen-bond acceptors (Lipinski definition) is 5. The molecule has 0 aliphatic carbocycles. The number of esters is 1. The van der Waals surface area contributed by atoms with Crippen molar-refractivity contribution in [3.05, 3.63) is 30.3 Å². The molecule has 1 atom stereocenters. The van der Waals surface area contributed by atoms with Gasteiger partial charge in [-0.15, -0.1) is 0 Å². The molecule has 0 aromatic heterocycles. The molecule has 0 amide bonds. The van der Waals surface area contributed by atoms with Gasteiger partial charge in [-0.3, -0.25) is 9.59 Å². The molecule has 106 valence electrons. The Bertz CT molecular complexity index is 548. The van der Waals surface area contributed by atoms with Gasteiger partial charge in [-0.05, 0) is 32.9 Å². The lowest BCUT2D eigenvalue weighted by Gasteiger charge is -2.13. The Labute approximate surface area is 117 Å². The monoisotopic (exact) mass is 275 g/mol. The Balaban J connectivity index is 2.37. The van der Waals surface area contributed by atoms with Crippen molar-refractivity contribution in [3.8, 4) is 0 Å². The van der Waals surface area contributed by atoms with Crippen LogP contribution in [0.25, 0.3) is 0 Å². The maximum Gasteiger partial charge on any atom is 0.326 e. The van der Waals surface area contributed by atoms with Crippen LogP contribution in [0.15, 0.2) is 35.3 Å². The fraction of sp³-hybridized carbons (Fsp3) is 0.400. The number of Topliss-reactive ketones (excluding diaryl/α,β-unsaturated/α-hetero) is 1. The maximum absolute atomic E-state index is 12.2. The van der Waals surface area contributed by atoms with Crippen molar-refractivity contribution in [1.29, 1.82) is 0 Å². The fourth-order valence-electron chi connectivity index (χ4n) is 1.98. The highest BCUT2D eigenvalue weighted by Gasteiger charge is 2.52. The minimum absolute atomic E-state index is 0.102. The minimum atomic E-state index is -1.08. The summed E-state index contributed by atoms with van der Waals surface area (Å²) in [5, 5.41) is 0. The van der Waals surface area contributed by atoms with Gasteiger partial charge in [0.05, 0.1) is 12.3 Å². The van der Waals surface area contributed by atoms with E-state index in [1.54, 1.807) is 32.9 Å². The van der Waals surface area contributed by atoms with Crippen molar-refractivity contribution in [2.24, 2.45) is 10.9 Å². The zero-order valence-corrected chi connectivity index (χ0v) is 11.8. The molecular formula is C15H17NO4. The first-order chi connectivity index (χ1) is 9.45. The van der Waals surface area contributed by atoms with Crippen molar-refractivity contribution in [1.82, 2.24) is 0 Å². The average Bonchev–Trinajstić information content (AvgIpc) is 2.61. The summed E-state index contributed by atoms with van der Waals surface area (Å²) in [6.07, 6.45) is 0. The first-order valence-electron chi connectivity index (χ1n) is 6.49. The predicted molar refractivity (Wildman–Crippen MR) is 73.8 cm³/mol. The molecule has 0 N–H and O–H groups in total. The van der Waals surface area contributed by atoms with E-state index in [1.165, 1.54) is 0 Å². The molecule has 1 saturated heterocycles. The van der Waals surface area contributed by atoms with Crippen LogP contribution < -0.4 is 0 Å². The normalized spacial score (nSPS) is 22.6. The number of rotatable bonds is 3. The Morgan fingerprint density at radius 1 is 1.35 bits per heavy atom. The second-order valence-electron chi connectivity index (χ2n) is 4.95. The lowest BCUT2D eigenvalue weighted by molar-refractivity contribution is -0.149. The van der Waals surface area contributed by atoms with Crippen LogP contribution in [0.3, 0.4) is 0 Å². The summed E-state index contributed by atoms with van der Waals surface area (Å²) in [4.78, 5) is 28.4. The van der Waals surface area contributed by atoms with E-state index in [9.17, 15) is 9.59 Å². The summed E-state index contributed by atoms with van der Waals surface area (Å²) in [7, 11) is 0. The smallest absolute Gasteiger partial charge is 0.326 e. The van der Waals surface area contributed by atoms with Gasteiger partial charge in [0, 0.05) is 0 Å². The number of benzene rings is 1. The number of carbonyl (C=O) groups excluding carboxylic acids is 2. The van der Waals surface area contributed by atoms with E-state index in [0.717, 1.165) is 0 Å². The molecule has 1 aromatic rings. The summed E-state index contributed by atoms with van der Waals surface area (Å²) in [6, 6.07) is 9.04. The van der Waals surface area contributed by atoms with E-state index in [2.05, 4.69) is 4.99 Å². The molecule has 2 rings (SSSR count). The number of nitrogens with zero attached hydrogens (tertiary/aromatic N) is 1. The molecule has 1 fully saturated rings. The van der Waals surface area contributed by atoms with Gasteiger partial charge >= 0.3 is 5.97 Å². The topological polar surface area (TPSA) is 65.0 Å². The first-order valence-corrected chi connectivity index (χ1v) is 6.49. The molecule has 5 nitrogen and oxygen atoms in total. The van der Waals surface area contributed by atoms with Gasteiger partial charge < -0.3 is 9.47 Å². The van der Waals surface area contributed by atoms with Crippen molar-refractivity contribution in [3.63, 3.8) is 0 Å². The van der Waals surface area contributed by atoms with E-state index in [-0.39, 0.29) is 18.3 Å². The molecule has 0 radical (unpaired) electrons. The van der Waals surface area contributed by atoms with Crippen LogP contribution in [-0.4, -0.2) is 29.9 Å². The average molecular weight is 275 g/mol. The molecule has 1 aliphatic rings. The van der Waals surface area contributed by atoms with E-state index in [4.69, 9.17) is 9.47 Å². The largest absolute Gasteiger partial charge is 0.466 e. The molecule has 0 spiro atoms. The Morgan fingerprint density at radius 2 is 2.00 bits per heavy atom. The SMILES string of the molecule is CCOC(=O)C1C(=O)C(C)(C)OC1=Nc1ccccc1. The summed E-state index contributed by atoms with van der Waals surface area (Å²) < 4.78 is 10.5. The molecule has 5 heteroatoms. The van der Waals surface area contributed by atoms with Crippen LogP contribution in [0, 0.1) is 5.92 Å². The predicted octanol–water partition coefficient (Wildman–Crippen LogP) is 2.27. The highest BCUT2D eigenvalue weighted by Crippen LogP contribution is 2.30. The number of aliphatic imine (C=N–C) groups is 1. The van der Waals surface area contributed by atoms with Gasteiger partial charge in [-0.25, -0.2) is 4.99 Å². The number of carbonyl (C=O) groups is 2. The van der Waals surface area contributed by atoms with E-state index in [1.807, 2.05) is 18.2 Å². The number of ketones is 1. The highest BCUT2D eigenvalue weighted by molar-refractivity contribution is 6.23. The molecule has 1 aromatic carbocycles. The van der Waals surface area contributed by atoms with Crippen LogP contribution in [0.1, 0.15) is 20.8 Å². The van der Waals surface area contributed by atoms with Gasteiger partial charge in [-0.2, -0.15) is 0 Å². The Kier molecular flexibility index (Phi) is 3.88. The molecule has 1 aliphatic heterocycles. The highest BCUT2D eigenvalue weighted by atomic mass is 16.6. The quantitative estimate of drug-likeness (QED) is 0.627. The third-order valence-corrected chi connectivity index (χ3v) is 2.98. The molecule has 0 saturated carbocycles. The second kappa shape index (κ2) is 5.45. The second-order valence-corrected chi connectivity index (χ2v) is 4.95. The standard InChI is InChI=1S/C15H17NO4/c1-4-19-14(18)11-12(17)15(2,3)20-13(11)16-10-8-6-5-7-9-10/h5-9,11H,4H2,1-3H3. The van der Waals surface area contributed by atoms with Crippen molar-refractivity contribution >= 4 is 23.3 Å². The number of ether oxygens (including phenoxy) is 2. The summed E-state index contributed by atoms with van der Waals surface area (Å²) >= 11 is 0.